The Morgan fingerprint density at radius 2 is 2.23 bits per heavy atom. The Balaban J connectivity index is 2.26. The fourth-order valence-corrected chi connectivity index (χ4v) is 1.60. The van der Waals surface area contributed by atoms with E-state index < -0.39 is 0 Å². The van der Waals surface area contributed by atoms with Gasteiger partial charge in [-0.15, -0.1) is 0 Å². The number of carbonyl (C=O) groups is 1. The average molecular weight is 185 g/mol. The number of ether oxygens (including phenoxy) is 1. The van der Waals surface area contributed by atoms with Gasteiger partial charge in [0.25, 0.3) is 0 Å². The monoisotopic (exact) mass is 185 g/mol. The Labute approximate surface area is 79.6 Å². The highest BCUT2D eigenvalue weighted by molar-refractivity contribution is 5.70. The quantitative estimate of drug-likeness (QED) is 0.660. The first-order chi connectivity index (χ1) is 6.03. The highest BCUT2D eigenvalue weighted by Gasteiger charge is 2.32. The van der Waals surface area contributed by atoms with Gasteiger partial charge in [-0.25, -0.2) is 0 Å². The Morgan fingerprint density at radius 1 is 1.62 bits per heavy atom. The van der Waals surface area contributed by atoms with Crippen LogP contribution in [0, 0.1) is 5.92 Å². The molecule has 0 bridgehead atoms. The van der Waals surface area contributed by atoms with Crippen LogP contribution >= 0.6 is 0 Å². The lowest BCUT2D eigenvalue weighted by atomic mass is 9.92. The second-order valence-electron chi connectivity index (χ2n) is 4.28. The summed E-state index contributed by atoms with van der Waals surface area (Å²) in [5.41, 5.74) is 5.62. The fraction of sp³-hybridized carbons (Fsp3) is 0.900. The first-order valence-electron chi connectivity index (χ1n) is 4.98. The molecule has 1 fully saturated rings. The van der Waals surface area contributed by atoms with Gasteiger partial charge < -0.3 is 10.5 Å². The van der Waals surface area contributed by atoms with Gasteiger partial charge in [-0.1, -0.05) is 12.8 Å². The maximum atomic E-state index is 11.2. The Kier molecular flexibility index (Phi) is 3.31. The summed E-state index contributed by atoms with van der Waals surface area (Å²) in [5.74, 6) is 0.581. The molecule has 3 nitrogen and oxygen atoms in total. The molecule has 13 heavy (non-hydrogen) atoms. The molecule has 0 aromatic heterocycles. The molecule has 1 aliphatic rings. The second kappa shape index (κ2) is 4.09. The number of esters is 1. The van der Waals surface area contributed by atoms with Crippen molar-refractivity contribution < 1.29 is 9.53 Å². The molecule has 1 rings (SSSR count). The molecule has 2 N–H and O–H groups in total. The third-order valence-corrected chi connectivity index (χ3v) is 2.31. The predicted octanol–water partition coefficient (Wildman–Crippen LogP) is 1.46. The molecule has 0 aromatic rings. The highest BCUT2D eigenvalue weighted by atomic mass is 16.5. The number of nitrogens with two attached hydrogens (primary N) is 1. The summed E-state index contributed by atoms with van der Waals surface area (Å²) >= 11 is 0. The van der Waals surface area contributed by atoms with Gasteiger partial charge in [0.1, 0.15) is 0 Å². The van der Waals surface area contributed by atoms with E-state index >= 15 is 0 Å². The van der Waals surface area contributed by atoms with Crippen LogP contribution in [0.4, 0.5) is 0 Å². The molecule has 1 unspecified atom stereocenters. The third-order valence-electron chi connectivity index (χ3n) is 2.31. The van der Waals surface area contributed by atoms with Crippen molar-refractivity contribution >= 4 is 5.97 Å². The van der Waals surface area contributed by atoms with Gasteiger partial charge in [-0.05, 0) is 26.2 Å². The van der Waals surface area contributed by atoms with Crippen LogP contribution in [0.2, 0.25) is 0 Å². The van der Waals surface area contributed by atoms with Crippen LogP contribution < -0.4 is 5.73 Å². The molecule has 0 amide bonds. The second-order valence-corrected chi connectivity index (χ2v) is 4.28. The molecular weight excluding hydrogens is 166 g/mol. The van der Waals surface area contributed by atoms with E-state index in [0.29, 0.717) is 13.0 Å². The lowest BCUT2D eigenvalue weighted by molar-refractivity contribution is -0.144. The van der Waals surface area contributed by atoms with Gasteiger partial charge in [-0.3, -0.25) is 4.79 Å². The van der Waals surface area contributed by atoms with Gasteiger partial charge in [0, 0.05) is 5.54 Å². The number of rotatable bonds is 5. The molecular formula is C10H19NO2. The maximum Gasteiger partial charge on any atom is 0.307 e. The molecule has 1 aliphatic carbocycles. The van der Waals surface area contributed by atoms with Crippen LogP contribution in [0.25, 0.3) is 0 Å². The van der Waals surface area contributed by atoms with Crippen LogP contribution in [0.1, 0.15) is 39.5 Å². The van der Waals surface area contributed by atoms with Crippen LogP contribution in [0.15, 0.2) is 0 Å². The average Bonchev–Trinajstić information content (AvgIpc) is 2.69. The van der Waals surface area contributed by atoms with Crippen LogP contribution in [-0.4, -0.2) is 18.1 Å². The van der Waals surface area contributed by atoms with Crippen molar-refractivity contribution in [3.63, 3.8) is 0 Å². The molecule has 0 spiro atoms. The SMILES string of the molecule is CCOC(=O)CC(C)(N)CC1CC1. The van der Waals surface area contributed by atoms with Crippen molar-refractivity contribution in [2.45, 2.75) is 45.1 Å². The van der Waals surface area contributed by atoms with Gasteiger partial charge >= 0.3 is 5.97 Å². The van der Waals surface area contributed by atoms with Gasteiger partial charge in [0.2, 0.25) is 0 Å². The van der Waals surface area contributed by atoms with Crippen molar-refractivity contribution in [3.8, 4) is 0 Å². The lowest BCUT2D eigenvalue weighted by Crippen LogP contribution is -2.39. The molecule has 0 aliphatic heterocycles. The van der Waals surface area contributed by atoms with Crippen molar-refractivity contribution in [3.05, 3.63) is 0 Å². The molecule has 76 valence electrons. The Hall–Kier alpha value is -0.570. The van der Waals surface area contributed by atoms with E-state index in [0.717, 1.165) is 12.3 Å². The summed E-state index contributed by atoms with van der Waals surface area (Å²) in [6.45, 7) is 4.19. The minimum atomic E-state index is -0.368. The number of hydrogen-bond acceptors (Lipinski definition) is 3. The maximum absolute atomic E-state index is 11.2. The van der Waals surface area contributed by atoms with Crippen LogP contribution in [0.5, 0.6) is 0 Å². The van der Waals surface area contributed by atoms with E-state index in [1.54, 1.807) is 0 Å². The van der Waals surface area contributed by atoms with Crippen LogP contribution in [0.3, 0.4) is 0 Å². The number of carbonyl (C=O) groups excluding carboxylic acids is 1. The Morgan fingerprint density at radius 3 is 2.69 bits per heavy atom. The first-order valence-corrected chi connectivity index (χ1v) is 4.98. The summed E-state index contributed by atoms with van der Waals surface area (Å²) in [6.07, 6.45) is 3.84. The highest BCUT2D eigenvalue weighted by Crippen LogP contribution is 2.36. The normalized spacial score (nSPS) is 20.8. The standard InChI is InChI=1S/C10H19NO2/c1-3-13-9(12)7-10(2,11)6-8-4-5-8/h8H,3-7,11H2,1-2H3. The Bertz CT molecular complexity index is 185. The smallest absolute Gasteiger partial charge is 0.307 e. The van der Waals surface area contributed by atoms with Crippen molar-refractivity contribution in [2.75, 3.05) is 6.61 Å². The van der Waals surface area contributed by atoms with Crippen molar-refractivity contribution in [1.29, 1.82) is 0 Å². The van der Waals surface area contributed by atoms with E-state index in [-0.39, 0.29) is 11.5 Å². The lowest BCUT2D eigenvalue weighted by Gasteiger charge is -2.23. The van der Waals surface area contributed by atoms with Gasteiger partial charge in [0.15, 0.2) is 0 Å². The molecule has 0 saturated heterocycles. The zero-order chi connectivity index (χ0) is 9.90. The summed E-state index contributed by atoms with van der Waals surface area (Å²) in [7, 11) is 0. The summed E-state index contributed by atoms with van der Waals surface area (Å²) in [4.78, 5) is 11.2. The zero-order valence-electron chi connectivity index (χ0n) is 8.51. The molecule has 3 heteroatoms. The largest absolute Gasteiger partial charge is 0.466 e. The summed E-state index contributed by atoms with van der Waals surface area (Å²) < 4.78 is 4.86. The van der Waals surface area contributed by atoms with Crippen molar-refractivity contribution in [1.82, 2.24) is 0 Å². The van der Waals surface area contributed by atoms with Gasteiger partial charge in [-0.2, -0.15) is 0 Å². The van der Waals surface area contributed by atoms with E-state index in [2.05, 4.69) is 0 Å². The number of hydrogen-bond donors (Lipinski definition) is 1. The van der Waals surface area contributed by atoms with E-state index in [1.165, 1.54) is 12.8 Å². The van der Waals surface area contributed by atoms with E-state index in [1.807, 2.05) is 13.8 Å². The minimum Gasteiger partial charge on any atom is -0.466 e. The van der Waals surface area contributed by atoms with Crippen molar-refractivity contribution in [2.24, 2.45) is 11.7 Å². The third kappa shape index (κ3) is 4.27. The topological polar surface area (TPSA) is 52.3 Å². The summed E-state index contributed by atoms with van der Waals surface area (Å²) in [6, 6.07) is 0. The minimum absolute atomic E-state index is 0.173. The van der Waals surface area contributed by atoms with Gasteiger partial charge in [0.05, 0.1) is 13.0 Å². The van der Waals surface area contributed by atoms with Crippen LogP contribution in [-0.2, 0) is 9.53 Å². The summed E-state index contributed by atoms with van der Waals surface area (Å²) in [5, 5.41) is 0. The van der Waals surface area contributed by atoms with E-state index in [9.17, 15) is 4.79 Å². The fourth-order valence-electron chi connectivity index (χ4n) is 1.60. The molecule has 0 radical (unpaired) electrons. The van der Waals surface area contributed by atoms with E-state index in [4.69, 9.17) is 10.5 Å². The molecule has 0 aromatic carbocycles. The molecule has 1 saturated carbocycles. The zero-order valence-corrected chi connectivity index (χ0v) is 8.51. The molecule has 1 atom stereocenters. The predicted molar refractivity (Wildman–Crippen MR) is 51.2 cm³/mol. The molecule has 0 heterocycles. The first kappa shape index (κ1) is 10.5.